The predicted molar refractivity (Wildman–Crippen MR) is 68.7 cm³/mol. The normalized spacial score (nSPS) is 10.4. The second-order valence-corrected chi connectivity index (χ2v) is 3.64. The van der Waals surface area contributed by atoms with Gasteiger partial charge in [0.2, 0.25) is 5.88 Å². The molecule has 0 spiro atoms. The van der Waals surface area contributed by atoms with Gasteiger partial charge in [0.25, 0.3) is 0 Å². The van der Waals surface area contributed by atoms with Crippen molar-refractivity contribution < 1.29 is 14.6 Å². The second kappa shape index (κ2) is 8.66. The summed E-state index contributed by atoms with van der Waals surface area (Å²) >= 11 is 0. The second-order valence-electron chi connectivity index (χ2n) is 3.64. The Kier molecular flexibility index (Phi) is 7.05. The number of rotatable bonds is 9. The van der Waals surface area contributed by atoms with Crippen molar-refractivity contribution in [2.45, 2.75) is 26.9 Å². The summed E-state index contributed by atoms with van der Waals surface area (Å²) in [5.74, 6) is 1.74. The molecular weight excluding hydrogens is 234 g/mol. The molecule has 0 fully saturated rings. The molecule has 0 aliphatic heterocycles. The van der Waals surface area contributed by atoms with Gasteiger partial charge in [-0.25, -0.2) is 4.98 Å². The SMILES string of the molecule is CCCNc1cc(OCCO)nc(COCC)n1. The van der Waals surface area contributed by atoms with Crippen LogP contribution in [0.5, 0.6) is 5.88 Å². The fraction of sp³-hybridized carbons (Fsp3) is 0.667. The van der Waals surface area contributed by atoms with E-state index in [-0.39, 0.29) is 13.2 Å². The van der Waals surface area contributed by atoms with Gasteiger partial charge in [-0.1, -0.05) is 6.92 Å². The van der Waals surface area contributed by atoms with Gasteiger partial charge in [0.15, 0.2) is 5.82 Å². The zero-order valence-electron chi connectivity index (χ0n) is 11.0. The maximum absolute atomic E-state index is 8.74. The fourth-order valence-electron chi connectivity index (χ4n) is 1.30. The van der Waals surface area contributed by atoms with Gasteiger partial charge in [0, 0.05) is 19.2 Å². The molecule has 0 saturated carbocycles. The lowest BCUT2D eigenvalue weighted by Crippen LogP contribution is -2.09. The molecule has 0 aliphatic rings. The highest BCUT2D eigenvalue weighted by molar-refractivity contribution is 5.38. The molecule has 6 heteroatoms. The van der Waals surface area contributed by atoms with Crippen LogP contribution in [0.3, 0.4) is 0 Å². The van der Waals surface area contributed by atoms with Crippen LogP contribution in [0.25, 0.3) is 0 Å². The maximum atomic E-state index is 8.74. The number of nitrogens with one attached hydrogen (secondary N) is 1. The lowest BCUT2D eigenvalue weighted by Gasteiger charge is -2.10. The first kappa shape index (κ1) is 14.7. The van der Waals surface area contributed by atoms with Crippen LogP contribution in [0, 0.1) is 0 Å². The fourth-order valence-corrected chi connectivity index (χ4v) is 1.30. The number of hydrogen-bond acceptors (Lipinski definition) is 6. The van der Waals surface area contributed by atoms with E-state index in [2.05, 4.69) is 22.2 Å². The van der Waals surface area contributed by atoms with Gasteiger partial charge in [0.1, 0.15) is 19.0 Å². The highest BCUT2D eigenvalue weighted by Crippen LogP contribution is 2.14. The lowest BCUT2D eigenvalue weighted by atomic mass is 10.4. The summed E-state index contributed by atoms with van der Waals surface area (Å²) < 4.78 is 10.6. The van der Waals surface area contributed by atoms with Gasteiger partial charge in [-0.3, -0.25) is 0 Å². The van der Waals surface area contributed by atoms with Crippen LogP contribution in [0.15, 0.2) is 6.07 Å². The predicted octanol–water partition coefficient (Wildman–Crippen LogP) is 1.21. The first-order valence-corrected chi connectivity index (χ1v) is 6.23. The zero-order valence-corrected chi connectivity index (χ0v) is 11.0. The molecule has 1 aromatic rings. The van der Waals surface area contributed by atoms with Gasteiger partial charge in [0.05, 0.1) is 6.61 Å². The van der Waals surface area contributed by atoms with Crippen molar-refractivity contribution in [3.63, 3.8) is 0 Å². The number of anilines is 1. The molecule has 0 aliphatic carbocycles. The van der Waals surface area contributed by atoms with Crippen LogP contribution >= 0.6 is 0 Å². The Labute approximate surface area is 107 Å². The van der Waals surface area contributed by atoms with Crippen LogP contribution in [0.2, 0.25) is 0 Å². The maximum Gasteiger partial charge on any atom is 0.218 e. The Morgan fingerprint density at radius 1 is 1.33 bits per heavy atom. The summed E-state index contributed by atoms with van der Waals surface area (Å²) in [5, 5.41) is 11.9. The third-order valence-corrected chi connectivity index (χ3v) is 2.08. The van der Waals surface area contributed by atoms with Gasteiger partial charge < -0.3 is 19.9 Å². The van der Waals surface area contributed by atoms with Crippen LogP contribution in [-0.4, -0.2) is 41.4 Å². The van der Waals surface area contributed by atoms with E-state index in [4.69, 9.17) is 14.6 Å². The molecule has 2 N–H and O–H groups in total. The minimum Gasteiger partial charge on any atom is -0.475 e. The van der Waals surface area contributed by atoms with Crippen molar-refractivity contribution in [3.05, 3.63) is 11.9 Å². The summed E-state index contributed by atoms with van der Waals surface area (Å²) in [6, 6.07) is 1.72. The molecule has 1 aromatic heterocycles. The summed E-state index contributed by atoms with van der Waals surface area (Å²) in [4.78, 5) is 8.53. The molecule has 0 atom stereocenters. The molecule has 1 heterocycles. The third kappa shape index (κ3) is 5.29. The van der Waals surface area contributed by atoms with Crippen molar-refractivity contribution in [2.24, 2.45) is 0 Å². The quantitative estimate of drug-likeness (QED) is 0.690. The Morgan fingerprint density at radius 2 is 2.17 bits per heavy atom. The lowest BCUT2D eigenvalue weighted by molar-refractivity contribution is 0.127. The van der Waals surface area contributed by atoms with Gasteiger partial charge in [-0.05, 0) is 13.3 Å². The molecular formula is C12H21N3O3. The Morgan fingerprint density at radius 3 is 2.83 bits per heavy atom. The van der Waals surface area contributed by atoms with Crippen LogP contribution in [0.1, 0.15) is 26.1 Å². The first-order chi connectivity index (χ1) is 8.80. The molecule has 0 aromatic carbocycles. The number of aliphatic hydroxyl groups excluding tert-OH is 1. The van der Waals surface area contributed by atoms with Crippen molar-refractivity contribution >= 4 is 5.82 Å². The van der Waals surface area contributed by atoms with Crippen molar-refractivity contribution in [3.8, 4) is 5.88 Å². The van der Waals surface area contributed by atoms with E-state index in [9.17, 15) is 0 Å². The summed E-state index contributed by atoms with van der Waals surface area (Å²) in [7, 11) is 0. The van der Waals surface area contributed by atoms with Crippen molar-refractivity contribution in [1.82, 2.24) is 9.97 Å². The van der Waals surface area contributed by atoms with Gasteiger partial charge in [-0.2, -0.15) is 4.98 Å². The molecule has 0 saturated heterocycles. The van der Waals surface area contributed by atoms with E-state index in [0.717, 1.165) is 18.8 Å². The smallest absolute Gasteiger partial charge is 0.218 e. The van der Waals surface area contributed by atoms with E-state index in [1.807, 2.05) is 6.92 Å². The van der Waals surface area contributed by atoms with E-state index in [1.54, 1.807) is 6.07 Å². The molecule has 18 heavy (non-hydrogen) atoms. The number of ether oxygens (including phenoxy) is 2. The van der Waals surface area contributed by atoms with Gasteiger partial charge >= 0.3 is 0 Å². The van der Waals surface area contributed by atoms with Crippen LogP contribution in [-0.2, 0) is 11.3 Å². The van der Waals surface area contributed by atoms with Crippen LogP contribution < -0.4 is 10.1 Å². The number of aromatic nitrogens is 2. The summed E-state index contributed by atoms with van der Waals surface area (Å²) in [5.41, 5.74) is 0. The number of aliphatic hydroxyl groups is 1. The van der Waals surface area contributed by atoms with Gasteiger partial charge in [-0.15, -0.1) is 0 Å². The third-order valence-electron chi connectivity index (χ3n) is 2.08. The molecule has 0 radical (unpaired) electrons. The van der Waals surface area contributed by atoms with Crippen molar-refractivity contribution in [2.75, 3.05) is 31.7 Å². The standard InChI is InChI=1S/C12H21N3O3/c1-3-5-13-10-8-12(18-7-6-16)15-11(14-10)9-17-4-2/h8,16H,3-7,9H2,1-2H3,(H,13,14,15). The van der Waals surface area contributed by atoms with Crippen LogP contribution in [0.4, 0.5) is 5.82 Å². The van der Waals surface area contributed by atoms with E-state index in [0.29, 0.717) is 24.9 Å². The summed E-state index contributed by atoms with van der Waals surface area (Å²) in [6.45, 7) is 5.99. The first-order valence-electron chi connectivity index (χ1n) is 6.23. The topological polar surface area (TPSA) is 76.5 Å². The molecule has 0 unspecified atom stereocenters. The average Bonchev–Trinajstić information content (AvgIpc) is 2.40. The number of nitrogens with zero attached hydrogens (tertiary/aromatic N) is 2. The molecule has 0 amide bonds. The Bertz CT molecular complexity index is 283. The molecule has 1 rings (SSSR count). The molecule has 102 valence electrons. The average molecular weight is 255 g/mol. The largest absolute Gasteiger partial charge is 0.475 e. The monoisotopic (exact) mass is 255 g/mol. The van der Waals surface area contributed by atoms with E-state index < -0.39 is 0 Å². The summed E-state index contributed by atoms with van der Waals surface area (Å²) in [6.07, 6.45) is 1.01. The van der Waals surface area contributed by atoms with E-state index >= 15 is 0 Å². The molecule has 6 nitrogen and oxygen atoms in total. The number of hydrogen-bond donors (Lipinski definition) is 2. The molecule has 0 bridgehead atoms. The highest BCUT2D eigenvalue weighted by Gasteiger charge is 2.05. The minimum atomic E-state index is -0.0392. The highest BCUT2D eigenvalue weighted by atomic mass is 16.5. The van der Waals surface area contributed by atoms with E-state index in [1.165, 1.54) is 0 Å². The van der Waals surface area contributed by atoms with Crippen molar-refractivity contribution in [1.29, 1.82) is 0 Å². The Hall–Kier alpha value is -1.40. The Balaban J connectivity index is 2.74. The minimum absolute atomic E-state index is 0.0392. The zero-order chi connectivity index (χ0) is 13.2.